The average Bonchev–Trinajstić information content (AvgIpc) is 3.83. The lowest BCUT2D eigenvalue weighted by molar-refractivity contribution is -0.187. The number of hydrogen-bond acceptors (Lipinski definition) is 9. The van der Waals surface area contributed by atoms with Gasteiger partial charge in [-0.15, -0.1) is 11.3 Å². The van der Waals surface area contributed by atoms with Crippen LogP contribution in [0.1, 0.15) is 113 Å². The number of aliphatic hydroxyl groups excluding tert-OH is 1. The lowest BCUT2D eigenvalue weighted by atomic mass is 9.32. The number of rotatable bonds is 9. The van der Waals surface area contributed by atoms with Crippen molar-refractivity contribution in [1.29, 1.82) is 0 Å². The van der Waals surface area contributed by atoms with E-state index >= 15 is 4.79 Å². The van der Waals surface area contributed by atoms with E-state index in [0.717, 1.165) is 46.6 Å². The lowest BCUT2D eigenvalue weighted by Gasteiger charge is -2.71. The van der Waals surface area contributed by atoms with Crippen molar-refractivity contribution in [3.05, 3.63) is 69.5 Å². The third-order valence-electron chi connectivity index (χ3n) is 17.9. The fourth-order valence-electron chi connectivity index (χ4n) is 14.0. The molecule has 10 atom stereocenters. The van der Waals surface area contributed by atoms with Crippen molar-refractivity contribution in [2.75, 3.05) is 20.8 Å². The Kier molecular flexibility index (Phi) is 8.41. The topological polar surface area (TPSA) is 123 Å². The summed E-state index contributed by atoms with van der Waals surface area (Å²) < 4.78 is 17.5. The largest absolute Gasteiger partial charge is 0.497 e. The first-order valence-electron chi connectivity index (χ1n) is 21.0. The zero-order valence-corrected chi connectivity index (χ0v) is 35.6. The summed E-state index contributed by atoms with van der Waals surface area (Å²) in [6.45, 7) is 12.6. The van der Waals surface area contributed by atoms with Crippen LogP contribution in [0.3, 0.4) is 0 Å². The minimum atomic E-state index is -1.37. The van der Waals surface area contributed by atoms with Gasteiger partial charge >= 0.3 is 5.97 Å². The number of benzene rings is 1. The van der Waals surface area contributed by atoms with E-state index in [-0.39, 0.29) is 48.0 Å². The normalized spacial score (nSPS) is 41.8. The van der Waals surface area contributed by atoms with E-state index in [1.54, 1.807) is 25.2 Å². The van der Waals surface area contributed by atoms with E-state index < -0.39 is 44.4 Å². The van der Waals surface area contributed by atoms with Crippen molar-refractivity contribution < 1.29 is 38.8 Å². The summed E-state index contributed by atoms with van der Waals surface area (Å²) in [5, 5.41) is 24.6. The molecule has 1 saturated heterocycles. The van der Waals surface area contributed by atoms with E-state index in [1.165, 1.54) is 11.3 Å². The fourth-order valence-corrected chi connectivity index (χ4v) is 14.8. The number of aryl methyl sites for hydroxylation is 1. The molecule has 7 aliphatic carbocycles. The number of carbonyl (C=O) groups excluding carboxylic acids is 3. The van der Waals surface area contributed by atoms with Crippen LogP contribution in [-0.2, 0) is 20.9 Å². The molecule has 0 radical (unpaired) electrons. The van der Waals surface area contributed by atoms with Gasteiger partial charge in [-0.2, -0.15) is 0 Å². The molecule has 9 nitrogen and oxygen atoms in total. The molecule has 57 heavy (non-hydrogen) atoms. The van der Waals surface area contributed by atoms with Crippen LogP contribution in [0.15, 0.2) is 54.1 Å². The molecule has 1 unspecified atom stereocenters. The number of aliphatic hydroxyl groups is 2. The summed E-state index contributed by atoms with van der Waals surface area (Å²) in [6, 6.07) is 9.49. The van der Waals surface area contributed by atoms with Crippen LogP contribution in [0.2, 0.25) is 0 Å². The van der Waals surface area contributed by atoms with Crippen LogP contribution < -0.4 is 9.47 Å². The highest BCUT2D eigenvalue weighted by atomic mass is 32.1. The summed E-state index contributed by atoms with van der Waals surface area (Å²) >= 11 is 1.53. The Morgan fingerprint density at radius 3 is 2.28 bits per heavy atom. The Bertz CT molecular complexity index is 2140. The standard InChI is InChI=1S/C47H59NO8S/c1-28-9-12-34(57-28)37(50)32-25-44-20-21-46(32)35(41(44,4)16-13-30(49)24-44)14-17-42(5)36(46)15-18-45(42,53)27-48(26-29-10-11-31(54-7)23-33(29)55-8)38(51)47-22-19-43(6,39(52)56-47)40(47,2)3/h9-12,20-21,23,25,30,35-36,49,53H,13-19,22,24,26-27H2,1-8H3/t30?,35-,36-,41-,42+,43+,44+,45-,46-,47-/m1/s1. The summed E-state index contributed by atoms with van der Waals surface area (Å²) in [6.07, 6.45) is 12.4. The van der Waals surface area contributed by atoms with Crippen molar-refractivity contribution in [2.24, 2.45) is 44.3 Å². The monoisotopic (exact) mass is 797 g/mol. The van der Waals surface area contributed by atoms with Crippen LogP contribution in [0.4, 0.5) is 0 Å². The maximum atomic E-state index is 15.4. The smallest absolute Gasteiger partial charge is 0.313 e. The maximum absolute atomic E-state index is 15.4. The molecule has 1 aromatic carbocycles. The number of methoxy groups -OCH3 is 2. The van der Waals surface area contributed by atoms with Crippen molar-refractivity contribution in [3.8, 4) is 11.5 Å². The molecule has 2 aromatic rings. The Morgan fingerprint density at radius 2 is 1.63 bits per heavy atom. The van der Waals surface area contributed by atoms with Crippen LogP contribution in [-0.4, -0.2) is 70.8 Å². The number of esters is 1. The number of carbonyl (C=O) groups is 3. The van der Waals surface area contributed by atoms with E-state index in [1.807, 2.05) is 52.0 Å². The SMILES string of the molecule is COc1ccc(CN(C[C@]2(O)CC[C@H]3[C@]45C=C[C@@]6(C=C4C(=O)c4ccc(C)s4)CC(O)CC[C@]6(C)[C@H]5CC[C@@]32C)C(=O)[C@@]23CC[C@@](C)(C(=O)O2)C3(C)C)c(OC)c1. The van der Waals surface area contributed by atoms with E-state index in [0.29, 0.717) is 43.6 Å². The third kappa shape index (κ3) is 4.72. The Hall–Kier alpha value is -3.47. The number of ether oxygens (including phenoxy) is 3. The first-order chi connectivity index (χ1) is 26.8. The summed E-state index contributed by atoms with van der Waals surface area (Å²) in [5.74, 6) is 0.688. The van der Waals surface area contributed by atoms with E-state index in [4.69, 9.17) is 14.2 Å². The second-order valence-corrected chi connectivity index (χ2v) is 21.4. The molecule has 2 N–H and O–H groups in total. The van der Waals surface area contributed by atoms with Crippen molar-refractivity contribution in [2.45, 2.75) is 123 Å². The number of hydrogen-bond donors (Lipinski definition) is 2. The van der Waals surface area contributed by atoms with Crippen molar-refractivity contribution >= 4 is 29.0 Å². The molecule has 10 heteroatoms. The van der Waals surface area contributed by atoms with Crippen LogP contribution in [0.25, 0.3) is 0 Å². The number of nitrogens with zero attached hydrogens (tertiary/aromatic N) is 1. The molecule has 8 aliphatic rings. The first-order valence-corrected chi connectivity index (χ1v) is 21.8. The molecule has 306 valence electrons. The number of fused-ring (bicyclic) bond motifs is 3. The number of Topliss-reactive ketones (excluding diaryl/α,β-unsaturated/α-hetero) is 1. The van der Waals surface area contributed by atoms with Gasteiger partial charge in [0.15, 0.2) is 11.4 Å². The minimum Gasteiger partial charge on any atom is -0.497 e. The Balaban J connectivity index is 1.14. The Labute approximate surface area is 340 Å². The molecule has 1 aromatic heterocycles. The zero-order chi connectivity index (χ0) is 40.8. The predicted molar refractivity (Wildman–Crippen MR) is 217 cm³/mol. The summed E-state index contributed by atoms with van der Waals surface area (Å²) in [5.41, 5.74) is -4.55. The number of amides is 1. The van der Waals surface area contributed by atoms with Crippen LogP contribution in [0, 0.1) is 51.2 Å². The predicted octanol–water partition coefficient (Wildman–Crippen LogP) is 8.00. The maximum Gasteiger partial charge on any atom is 0.313 e. The van der Waals surface area contributed by atoms with Crippen LogP contribution >= 0.6 is 11.3 Å². The lowest BCUT2D eigenvalue weighted by Crippen LogP contribution is -2.67. The van der Waals surface area contributed by atoms with Gasteiger partial charge in [0.2, 0.25) is 0 Å². The fraction of sp³-hybridized carbons (Fsp3) is 0.638. The van der Waals surface area contributed by atoms with Gasteiger partial charge in [-0.1, -0.05) is 45.9 Å². The van der Waals surface area contributed by atoms with E-state index in [9.17, 15) is 19.8 Å². The average molecular weight is 798 g/mol. The van der Waals surface area contributed by atoms with Gasteiger partial charge in [-0.3, -0.25) is 14.4 Å². The van der Waals surface area contributed by atoms with Crippen molar-refractivity contribution in [1.82, 2.24) is 4.90 Å². The molecule has 4 bridgehead atoms. The summed E-state index contributed by atoms with van der Waals surface area (Å²) in [7, 11) is 3.19. The van der Waals surface area contributed by atoms with Crippen molar-refractivity contribution in [3.63, 3.8) is 0 Å². The van der Waals surface area contributed by atoms with Gasteiger partial charge in [0.1, 0.15) is 11.5 Å². The Morgan fingerprint density at radius 1 is 0.912 bits per heavy atom. The highest BCUT2D eigenvalue weighted by Gasteiger charge is 2.78. The zero-order valence-electron chi connectivity index (χ0n) is 34.8. The van der Waals surface area contributed by atoms with Gasteiger partial charge in [-0.25, -0.2) is 0 Å². The summed E-state index contributed by atoms with van der Waals surface area (Å²) in [4.78, 5) is 47.4. The molecule has 1 aliphatic heterocycles. The third-order valence-corrected chi connectivity index (χ3v) is 18.9. The van der Waals surface area contributed by atoms with Gasteiger partial charge in [0.25, 0.3) is 5.91 Å². The van der Waals surface area contributed by atoms with E-state index in [2.05, 4.69) is 32.1 Å². The highest BCUT2D eigenvalue weighted by molar-refractivity contribution is 7.14. The number of allylic oxidation sites excluding steroid dienone is 4. The molecular weight excluding hydrogens is 739 g/mol. The molecule has 4 saturated carbocycles. The molecule has 2 heterocycles. The minimum absolute atomic E-state index is 0.0368. The quantitative estimate of drug-likeness (QED) is 0.149. The van der Waals surface area contributed by atoms with Gasteiger partial charge in [0, 0.05) is 50.3 Å². The second-order valence-electron chi connectivity index (χ2n) is 20.1. The van der Waals surface area contributed by atoms with Crippen LogP contribution in [0.5, 0.6) is 11.5 Å². The molecule has 1 amide bonds. The van der Waals surface area contributed by atoms with Gasteiger partial charge < -0.3 is 29.3 Å². The number of thiophene rings is 1. The number of ketones is 1. The highest BCUT2D eigenvalue weighted by Crippen LogP contribution is 2.78. The second kappa shape index (κ2) is 12.3. The molecule has 10 rings (SSSR count). The molecule has 5 fully saturated rings. The molecular formula is C47H59NO8S. The van der Waals surface area contributed by atoms with Gasteiger partial charge in [0.05, 0.1) is 42.8 Å². The molecule has 2 spiro atoms. The van der Waals surface area contributed by atoms with Gasteiger partial charge in [-0.05, 0) is 113 Å². The first kappa shape index (κ1) is 39.0.